The standard InChI is InChI=1S/C9H9FOS/c1-2-12-8-3-4-9(10)7(5-8)6-11/h3-6H,2H2,1H3. The summed E-state index contributed by atoms with van der Waals surface area (Å²) in [5.74, 6) is 0.467. The smallest absolute Gasteiger partial charge is 0.153 e. The molecular weight excluding hydrogens is 175 g/mol. The molecule has 0 spiro atoms. The Bertz CT molecular complexity index is 286. The third-order valence-corrected chi connectivity index (χ3v) is 2.28. The highest BCUT2D eigenvalue weighted by Gasteiger charge is 2.01. The van der Waals surface area contributed by atoms with Gasteiger partial charge in [-0.1, -0.05) is 6.92 Å². The minimum atomic E-state index is -0.453. The maximum atomic E-state index is 12.8. The summed E-state index contributed by atoms with van der Waals surface area (Å²) in [4.78, 5) is 11.3. The maximum Gasteiger partial charge on any atom is 0.153 e. The molecule has 0 amide bonds. The minimum absolute atomic E-state index is 0.133. The van der Waals surface area contributed by atoms with Gasteiger partial charge in [0.05, 0.1) is 5.56 Å². The van der Waals surface area contributed by atoms with Crippen molar-refractivity contribution < 1.29 is 9.18 Å². The largest absolute Gasteiger partial charge is 0.298 e. The molecule has 0 saturated heterocycles. The number of rotatable bonds is 3. The molecule has 1 aromatic rings. The molecule has 0 aliphatic heterocycles. The molecule has 1 nitrogen and oxygen atoms in total. The highest BCUT2D eigenvalue weighted by atomic mass is 32.2. The van der Waals surface area contributed by atoms with E-state index in [9.17, 15) is 9.18 Å². The lowest BCUT2D eigenvalue weighted by Gasteiger charge is -1.99. The number of carbonyl (C=O) groups is 1. The second-order valence-corrected chi connectivity index (χ2v) is 3.57. The first kappa shape index (κ1) is 9.26. The predicted molar refractivity (Wildman–Crippen MR) is 48.2 cm³/mol. The van der Waals surface area contributed by atoms with Crippen LogP contribution in [0, 0.1) is 5.82 Å². The molecule has 0 aromatic heterocycles. The van der Waals surface area contributed by atoms with E-state index in [0.717, 1.165) is 10.6 Å². The highest BCUT2D eigenvalue weighted by Crippen LogP contribution is 2.19. The Morgan fingerprint density at radius 1 is 1.58 bits per heavy atom. The van der Waals surface area contributed by atoms with Crippen LogP contribution >= 0.6 is 11.8 Å². The Balaban J connectivity index is 2.96. The van der Waals surface area contributed by atoms with E-state index in [1.807, 2.05) is 6.92 Å². The number of hydrogen-bond acceptors (Lipinski definition) is 2. The van der Waals surface area contributed by atoms with Gasteiger partial charge in [-0.2, -0.15) is 0 Å². The molecule has 0 radical (unpaired) electrons. The fraction of sp³-hybridized carbons (Fsp3) is 0.222. The van der Waals surface area contributed by atoms with Crippen LogP contribution in [-0.4, -0.2) is 12.0 Å². The summed E-state index contributed by atoms with van der Waals surface area (Å²) in [6.45, 7) is 2.01. The predicted octanol–water partition coefficient (Wildman–Crippen LogP) is 2.75. The van der Waals surface area contributed by atoms with Gasteiger partial charge in [-0.15, -0.1) is 11.8 Å². The summed E-state index contributed by atoms with van der Waals surface area (Å²) < 4.78 is 12.8. The zero-order valence-corrected chi connectivity index (χ0v) is 7.53. The normalized spacial score (nSPS) is 9.83. The zero-order valence-electron chi connectivity index (χ0n) is 6.71. The Morgan fingerprint density at radius 2 is 2.33 bits per heavy atom. The first-order valence-corrected chi connectivity index (χ1v) is 4.64. The van der Waals surface area contributed by atoms with Gasteiger partial charge in [-0.05, 0) is 24.0 Å². The van der Waals surface area contributed by atoms with Crippen LogP contribution in [-0.2, 0) is 0 Å². The topological polar surface area (TPSA) is 17.1 Å². The highest BCUT2D eigenvalue weighted by molar-refractivity contribution is 7.99. The molecule has 12 heavy (non-hydrogen) atoms. The van der Waals surface area contributed by atoms with Gasteiger partial charge in [0.15, 0.2) is 6.29 Å². The molecule has 1 aromatic carbocycles. The van der Waals surface area contributed by atoms with Crippen molar-refractivity contribution in [1.82, 2.24) is 0 Å². The van der Waals surface area contributed by atoms with Crippen LogP contribution in [0.3, 0.4) is 0 Å². The first-order chi connectivity index (χ1) is 5.77. The van der Waals surface area contributed by atoms with Crippen molar-refractivity contribution in [3.05, 3.63) is 29.6 Å². The fourth-order valence-electron chi connectivity index (χ4n) is 0.869. The monoisotopic (exact) mass is 184 g/mol. The van der Waals surface area contributed by atoms with Gasteiger partial charge >= 0.3 is 0 Å². The van der Waals surface area contributed by atoms with E-state index in [-0.39, 0.29) is 5.56 Å². The molecular formula is C9H9FOS. The van der Waals surface area contributed by atoms with Crippen molar-refractivity contribution in [1.29, 1.82) is 0 Å². The summed E-state index contributed by atoms with van der Waals surface area (Å²) in [6, 6.07) is 4.56. The van der Waals surface area contributed by atoms with Crippen molar-refractivity contribution >= 4 is 18.0 Å². The van der Waals surface area contributed by atoms with Crippen LogP contribution in [0.25, 0.3) is 0 Å². The first-order valence-electron chi connectivity index (χ1n) is 3.65. The number of halogens is 1. The second kappa shape index (κ2) is 4.26. The summed E-state index contributed by atoms with van der Waals surface area (Å²) >= 11 is 1.59. The molecule has 3 heteroatoms. The van der Waals surface area contributed by atoms with Crippen LogP contribution in [0.5, 0.6) is 0 Å². The fourth-order valence-corrected chi connectivity index (χ4v) is 1.58. The van der Waals surface area contributed by atoms with Crippen molar-refractivity contribution in [3.8, 4) is 0 Å². The SMILES string of the molecule is CCSc1ccc(F)c(C=O)c1. The zero-order chi connectivity index (χ0) is 8.97. The molecule has 1 rings (SSSR count). The molecule has 0 N–H and O–H groups in total. The average molecular weight is 184 g/mol. The van der Waals surface area contributed by atoms with Crippen molar-refractivity contribution in [3.63, 3.8) is 0 Å². The van der Waals surface area contributed by atoms with Crippen LogP contribution in [0.4, 0.5) is 4.39 Å². The average Bonchev–Trinajstić information content (AvgIpc) is 2.09. The van der Waals surface area contributed by atoms with Crippen LogP contribution in [0.2, 0.25) is 0 Å². The van der Waals surface area contributed by atoms with E-state index in [1.165, 1.54) is 6.07 Å². The van der Waals surface area contributed by atoms with Crippen LogP contribution in [0.1, 0.15) is 17.3 Å². The van der Waals surface area contributed by atoms with Gasteiger partial charge in [-0.3, -0.25) is 4.79 Å². The van der Waals surface area contributed by atoms with E-state index in [0.29, 0.717) is 6.29 Å². The van der Waals surface area contributed by atoms with E-state index >= 15 is 0 Å². The van der Waals surface area contributed by atoms with Gasteiger partial charge in [-0.25, -0.2) is 4.39 Å². The van der Waals surface area contributed by atoms with Crippen molar-refractivity contribution in [2.75, 3.05) is 5.75 Å². The summed E-state index contributed by atoms with van der Waals surface area (Å²) in [5.41, 5.74) is 0.133. The molecule has 0 unspecified atom stereocenters. The van der Waals surface area contributed by atoms with Crippen molar-refractivity contribution in [2.24, 2.45) is 0 Å². The third kappa shape index (κ3) is 2.08. The molecule has 0 atom stereocenters. The Hall–Kier alpha value is -0.830. The molecule has 0 aliphatic rings. The number of thioether (sulfide) groups is 1. The molecule has 0 saturated carbocycles. The van der Waals surface area contributed by atoms with E-state index in [2.05, 4.69) is 0 Å². The number of hydrogen-bond donors (Lipinski definition) is 0. The molecule has 0 heterocycles. The van der Waals surface area contributed by atoms with E-state index < -0.39 is 5.82 Å². The minimum Gasteiger partial charge on any atom is -0.298 e. The van der Waals surface area contributed by atoms with Gasteiger partial charge in [0, 0.05) is 4.90 Å². The van der Waals surface area contributed by atoms with Gasteiger partial charge in [0.1, 0.15) is 5.82 Å². The quantitative estimate of drug-likeness (QED) is 0.530. The molecule has 0 aliphatic carbocycles. The molecule has 64 valence electrons. The lowest BCUT2D eigenvalue weighted by molar-refractivity contribution is 0.111. The number of benzene rings is 1. The maximum absolute atomic E-state index is 12.8. The lowest BCUT2D eigenvalue weighted by atomic mass is 10.2. The van der Waals surface area contributed by atoms with Crippen LogP contribution < -0.4 is 0 Å². The summed E-state index contributed by atoms with van der Waals surface area (Å²) in [5, 5.41) is 0. The van der Waals surface area contributed by atoms with Gasteiger partial charge in [0.25, 0.3) is 0 Å². The van der Waals surface area contributed by atoms with Gasteiger partial charge in [0.2, 0.25) is 0 Å². The lowest BCUT2D eigenvalue weighted by Crippen LogP contribution is -1.87. The van der Waals surface area contributed by atoms with Crippen molar-refractivity contribution in [2.45, 2.75) is 11.8 Å². The number of carbonyl (C=O) groups excluding carboxylic acids is 1. The summed E-state index contributed by atoms with van der Waals surface area (Å²) in [7, 11) is 0. The Morgan fingerprint density at radius 3 is 2.92 bits per heavy atom. The summed E-state index contributed by atoms with van der Waals surface area (Å²) in [6.07, 6.45) is 0.537. The molecule has 0 bridgehead atoms. The van der Waals surface area contributed by atoms with Crippen LogP contribution in [0.15, 0.2) is 23.1 Å². The number of aldehydes is 1. The van der Waals surface area contributed by atoms with E-state index in [4.69, 9.17) is 0 Å². The van der Waals surface area contributed by atoms with Gasteiger partial charge < -0.3 is 0 Å². The third-order valence-electron chi connectivity index (χ3n) is 1.41. The molecule has 0 fully saturated rings. The van der Waals surface area contributed by atoms with E-state index in [1.54, 1.807) is 23.9 Å². The Labute approximate surface area is 75.0 Å². The Kier molecular flexibility index (Phi) is 3.29. The second-order valence-electron chi connectivity index (χ2n) is 2.23.